The summed E-state index contributed by atoms with van der Waals surface area (Å²) >= 11 is 0. The van der Waals surface area contributed by atoms with Crippen LogP contribution in [0.15, 0.2) is 78.9 Å². The normalized spacial score (nSPS) is 16.7. The van der Waals surface area contributed by atoms with Crippen LogP contribution in [0, 0.1) is 11.6 Å². The molecular weight excluding hydrogens is 452 g/mol. The minimum Gasteiger partial charge on any atom is -0.447 e. The molecule has 0 spiro atoms. The zero-order valence-electron chi connectivity index (χ0n) is 19.7. The SMILES string of the molecule is C[C@H](C(=O)N1C(=O)OC[C@@H]1Cc1ccccc1)c1ccc(F)cc1.C[C@H](CO)c1ccc(F)cc1. The van der Waals surface area contributed by atoms with Gasteiger partial charge in [0.05, 0.1) is 12.0 Å². The molecule has 7 heteroatoms. The topological polar surface area (TPSA) is 66.8 Å². The van der Waals surface area contributed by atoms with Crippen LogP contribution >= 0.6 is 0 Å². The molecule has 0 aromatic heterocycles. The predicted octanol–water partition coefficient (Wildman–Crippen LogP) is 5.44. The molecule has 35 heavy (non-hydrogen) atoms. The summed E-state index contributed by atoms with van der Waals surface area (Å²) in [6, 6.07) is 21.3. The summed E-state index contributed by atoms with van der Waals surface area (Å²) in [6.07, 6.45) is -0.0658. The quantitative estimate of drug-likeness (QED) is 0.509. The lowest BCUT2D eigenvalue weighted by Crippen LogP contribution is -2.42. The Bertz CT molecular complexity index is 1100. The Kier molecular flexibility index (Phi) is 9.09. The maximum absolute atomic E-state index is 13.0. The standard InChI is InChI=1S/C19H18FNO3.C9H11FO/c1-13(15-7-9-16(20)10-8-15)18(22)21-17(12-24-19(21)23)11-14-5-3-2-4-6-14;1-7(6-11)8-2-4-9(10)5-3-8/h2-10,13,17H,11-12H2,1H3;2-5,7,11H,6H2,1H3/t13-,17-;7-/m01/s1. The number of aliphatic hydroxyl groups is 1. The van der Waals surface area contributed by atoms with Crippen LogP contribution in [0.2, 0.25) is 0 Å². The highest BCUT2D eigenvalue weighted by molar-refractivity contribution is 5.97. The van der Waals surface area contributed by atoms with Crippen molar-refractivity contribution in [3.05, 3.63) is 107 Å². The van der Waals surface area contributed by atoms with Crippen LogP contribution in [0.5, 0.6) is 0 Å². The molecule has 1 saturated heterocycles. The molecule has 1 fully saturated rings. The van der Waals surface area contributed by atoms with Crippen molar-refractivity contribution in [3.63, 3.8) is 0 Å². The minimum atomic E-state index is -0.616. The van der Waals surface area contributed by atoms with Crippen molar-refractivity contribution >= 4 is 12.0 Å². The predicted molar refractivity (Wildman–Crippen MR) is 129 cm³/mol. The Morgan fingerprint density at radius 3 is 2.03 bits per heavy atom. The molecule has 3 aromatic rings. The molecule has 0 radical (unpaired) electrons. The summed E-state index contributed by atoms with van der Waals surface area (Å²) < 4.78 is 30.5. The summed E-state index contributed by atoms with van der Waals surface area (Å²) in [4.78, 5) is 26.0. The van der Waals surface area contributed by atoms with E-state index in [1.165, 1.54) is 29.2 Å². The van der Waals surface area contributed by atoms with Crippen LogP contribution in [0.3, 0.4) is 0 Å². The lowest BCUT2D eigenvalue weighted by molar-refractivity contribution is -0.130. The van der Waals surface area contributed by atoms with Gasteiger partial charge in [0.25, 0.3) is 0 Å². The third-order valence-corrected chi connectivity index (χ3v) is 5.97. The van der Waals surface area contributed by atoms with Crippen molar-refractivity contribution in [1.29, 1.82) is 0 Å². The van der Waals surface area contributed by atoms with Gasteiger partial charge in [-0.15, -0.1) is 0 Å². The van der Waals surface area contributed by atoms with Crippen LogP contribution in [0.1, 0.15) is 42.4 Å². The molecule has 2 amide bonds. The van der Waals surface area contributed by atoms with Gasteiger partial charge in [0.15, 0.2) is 0 Å². The number of aliphatic hydroxyl groups excluding tert-OH is 1. The minimum absolute atomic E-state index is 0.0931. The average molecular weight is 482 g/mol. The molecule has 4 rings (SSSR count). The molecule has 1 N–H and O–H groups in total. The van der Waals surface area contributed by atoms with Gasteiger partial charge in [-0.1, -0.05) is 61.5 Å². The number of nitrogens with zero attached hydrogens (tertiary/aromatic N) is 1. The molecule has 3 aromatic carbocycles. The third kappa shape index (κ3) is 6.96. The van der Waals surface area contributed by atoms with Crippen LogP contribution in [0.4, 0.5) is 13.6 Å². The van der Waals surface area contributed by atoms with Gasteiger partial charge in [0.2, 0.25) is 5.91 Å². The van der Waals surface area contributed by atoms with Gasteiger partial charge < -0.3 is 9.84 Å². The van der Waals surface area contributed by atoms with E-state index in [1.807, 2.05) is 37.3 Å². The van der Waals surface area contributed by atoms with Crippen molar-refractivity contribution in [2.75, 3.05) is 13.2 Å². The number of halogens is 2. The highest BCUT2D eigenvalue weighted by atomic mass is 19.1. The van der Waals surface area contributed by atoms with E-state index in [4.69, 9.17) is 9.84 Å². The van der Waals surface area contributed by atoms with Gasteiger partial charge in [-0.2, -0.15) is 0 Å². The number of amides is 2. The zero-order chi connectivity index (χ0) is 25.4. The third-order valence-electron chi connectivity index (χ3n) is 5.97. The highest BCUT2D eigenvalue weighted by Gasteiger charge is 2.39. The van der Waals surface area contributed by atoms with Gasteiger partial charge in [0, 0.05) is 12.5 Å². The number of carbonyl (C=O) groups excluding carboxylic acids is 2. The summed E-state index contributed by atoms with van der Waals surface area (Å²) in [5, 5.41) is 8.76. The molecule has 1 aliphatic heterocycles. The first-order valence-corrected chi connectivity index (χ1v) is 11.5. The first-order chi connectivity index (χ1) is 16.8. The van der Waals surface area contributed by atoms with E-state index in [9.17, 15) is 18.4 Å². The molecule has 0 unspecified atom stereocenters. The highest BCUT2D eigenvalue weighted by Crippen LogP contribution is 2.25. The summed E-state index contributed by atoms with van der Waals surface area (Å²) in [7, 11) is 0. The van der Waals surface area contributed by atoms with E-state index in [0.29, 0.717) is 12.0 Å². The summed E-state index contributed by atoms with van der Waals surface area (Å²) in [6.45, 7) is 3.90. The molecule has 1 aliphatic rings. The fourth-order valence-corrected chi connectivity index (χ4v) is 3.77. The fourth-order valence-electron chi connectivity index (χ4n) is 3.77. The number of cyclic esters (lactones) is 1. The average Bonchev–Trinajstić information content (AvgIpc) is 3.24. The van der Waals surface area contributed by atoms with Crippen molar-refractivity contribution in [2.45, 2.75) is 38.1 Å². The van der Waals surface area contributed by atoms with E-state index >= 15 is 0 Å². The fraction of sp³-hybridized carbons (Fsp3) is 0.286. The number of rotatable bonds is 6. The van der Waals surface area contributed by atoms with E-state index < -0.39 is 12.0 Å². The molecule has 0 bridgehead atoms. The zero-order valence-corrected chi connectivity index (χ0v) is 19.7. The van der Waals surface area contributed by atoms with Crippen molar-refractivity contribution < 1.29 is 28.2 Å². The number of hydrogen-bond donors (Lipinski definition) is 1. The largest absolute Gasteiger partial charge is 0.447 e. The second kappa shape index (κ2) is 12.2. The maximum Gasteiger partial charge on any atom is 0.417 e. The monoisotopic (exact) mass is 481 g/mol. The second-order valence-electron chi connectivity index (χ2n) is 8.54. The molecule has 184 valence electrons. The number of imide groups is 1. The van der Waals surface area contributed by atoms with Crippen LogP contribution < -0.4 is 0 Å². The van der Waals surface area contributed by atoms with E-state index in [-0.39, 0.29) is 42.7 Å². The lowest BCUT2D eigenvalue weighted by Gasteiger charge is -2.23. The van der Waals surface area contributed by atoms with Gasteiger partial charge in [-0.05, 0) is 54.3 Å². The Morgan fingerprint density at radius 2 is 1.49 bits per heavy atom. The van der Waals surface area contributed by atoms with E-state index in [0.717, 1.165) is 11.1 Å². The Hall–Kier alpha value is -3.58. The smallest absolute Gasteiger partial charge is 0.417 e. The summed E-state index contributed by atoms with van der Waals surface area (Å²) in [5.74, 6) is -1.38. The van der Waals surface area contributed by atoms with E-state index in [1.54, 1.807) is 31.2 Å². The molecule has 5 nitrogen and oxygen atoms in total. The first-order valence-electron chi connectivity index (χ1n) is 11.5. The molecule has 0 aliphatic carbocycles. The van der Waals surface area contributed by atoms with Gasteiger partial charge >= 0.3 is 6.09 Å². The van der Waals surface area contributed by atoms with Crippen molar-refractivity contribution in [3.8, 4) is 0 Å². The van der Waals surface area contributed by atoms with E-state index in [2.05, 4.69) is 0 Å². The van der Waals surface area contributed by atoms with Crippen LogP contribution in [-0.4, -0.2) is 41.3 Å². The molecular formula is C28H29F2NO4. The van der Waals surface area contributed by atoms with Crippen molar-refractivity contribution in [2.24, 2.45) is 0 Å². The maximum atomic E-state index is 13.0. The number of benzene rings is 3. The molecule has 0 saturated carbocycles. The molecule has 3 atom stereocenters. The number of carbonyl (C=O) groups is 2. The second-order valence-corrected chi connectivity index (χ2v) is 8.54. The Morgan fingerprint density at radius 1 is 0.943 bits per heavy atom. The van der Waals surface area contributed by atoms with Crippen molar-refractivity contribution in [1.82, 2.24) is 4.90 Å². The summed E-state index contributed by atoms with van der Waals surface area (Å²) in [5.41, 5.74) is 2.67. The Labute approximate surface area is 204 Å². The first kappa shape index (κ1) is 26.0. The lowest BCUT2D eigenvalue weighted by atomic mass is 9.98. The number of hydrogen-bond acceptors (Lipinski definition) is 4. The van der Waals surface area contributed by atoms with Crippen LogP contribution in [-0.2, 0) is 16.0 Å². The molecule has 1 heterocycles. The van der Waals surface area contributed by atoms with Gasteiger partial charge in [-0.25, -0.2) is 18.5 Å². The van der Waals surface area contributed by atoms with Gasteiger partial charge in [0.1, 0.15) is 18.2 Å². The van der Waals surface area contributed by atoms with Gasteiger partial charge in [-0.3, -0.25) is 4.79 Å². The number of ether oxygens (including phenoxy) is 1. The van der Waals surface area contributed by atoms with Crippen LogP contribution in [0.25, 0.3) is 0 Å². The Balaban J connectivity index is 0.000000261.